The molecule has 1 saturated heterocycles. The molecule has 23 heavy (non-hydrogen) atoms. The number of likely N-dealkylation sites (N-methyl/N-ethyl adjacent to an activating group) is 1. The van der Waals surface area contributed by atoms with E-state index in [4.69, 9.17) is 0 Å². The lowest BCUT2D eigenvalue weighted by Crippen LogP contribution is -2.62. The quantitative estimate of drug-likeness (QED) is 0.846. The zero-order valence-corrected chi connectivity index (χ0v) is 13.1. The summed E-state index contributed by atoms with van der Waals surface area (Å²) in [6.45, 7) is -0.0277. The van der Waals surface area contributed by atoms with Crippen molar-refractivity contribution >= 4 is 11.8 Å². The Kier molecular flexibility index (Phi) is 3.93. The molecule has 1 fully saturated rings. The lowest BCUT2D eigenvalue weighted by Gasteiger charge is -2.42. The summed E-state index contributed by atoms with van der Waals surface area (Å²) in [5, 5.41) is 2.98. The molecule has 0 bridgehead atoms. The number of piperidine rings is 1. The lowest BCUT2D eigenvalue weighted by molar-refractivity contribution is -0.131. The Morgan fingerprint density at radius 2 is 1.74 bits per heavy atom. The molecule has 2 heterocycles. The van der Waals surface area contributed by atoms with Crippen LogP contribution in [0.1, 0.15) is 20.7 Å². The van der Waals surface area contributed by atoms with Gasteiger partial charge in [0.05, 0.1) is 23.1 Å². The van der Waals surface area contributed by atoms with E-state index in [1.165, 1.54) is 4.90 Å². The second-order valence-corrected chi connectivity index (χ2v) is 6.28. The third-order valence-electron chi connectivity index (χ3n) is 4.62. The van der Waals surface area contributed by atoms with Gasteiger partial charge in [-0.15, -0.1) is 0 Å². The third kappa shape index (κ3) is 2.53. The summed E-state index contributed by atoms with van der Waals surface area (Å²) < 4.78 is 29.4. The van der Waals surface area contributed by atoms with Crippen molar-refractivity contribution < 1.29 is 18.4 Å². The van der Waals surface area contributed by atoms with Gasteiger partial charge in [0, 0.05) is 19.6 Å². The van der Waals surface area contributed by atoms with Crippen molar-refractivity contribution in [3.8, 4) is 0 Å². The standard InChI is InChI=1S/C16H19F2N3O2/c1-20(2)13-8-19-7-10(16(13,17)18)9-21-14(22)11-5-3-4-6-12(11)15(21)23/h3-6,10,13,19H,7-9H2,1-2H3. The lowest BCUT2D eigenvalue weighted by atomic mass is 9.89. The van der Waals surface area contributed by atoms with Gasteiger partial charge in [-0.3, -0.25) is 19.4 Å². The van der Waals surface area contributed by atoms with Crippen LogP contribution in [0.5, 0.6) is 0 Å². The summed E-state index contributed by atoms with van der Waals surface area (Å²) in [6.07, 6.45) is 0. The molecule has 0 saturated carbocycles. The van der Waals surface area contributed by atoms with Gasteiger partial charge in [-0.25, -0.2) is 8.78 Å². The van der Waals surface area contributed by atoms with Crippen LogP contribution >= 0.6 is 0 Å². The van der Waals surface area contributed by atoms with Crippen LogP contribution in [0, 0.1) is 5.92 Å². The van der Waals surface area contributed by atoms with Crippen molar-refractivity contribution in [1.29, 1.82) is 0 Å². The first-order valence-corrected chi connectivity index (χ1v) is 7.54. The van der Waals surface area contributed by atoms with Gasteiger partial charge in [-0.05, 0) is 26.2 Å². The van der Waals surface area contributed by atoms with Crippen molar-refractivity contribution in [2.45, 2.75) is 12.0 Å². The SMILES string of the molecule is CN(C)C1CNCC(CN2C(=O)c3ccccc3C2=O)C1(F)F. The Hall–Kier alpha value is -1.86. The molecule has 0 spiro atoms. The minimum Gasteiger partial charge on any atom is -0.314 e. The van der Waals surface area contributed by atoms with Gasteiger partial charge in [-0.1, -0.05) is 12.1 Å². The number of hydrogen-bond acceptors (Lipinski definition) is 4. The number of rotatable bonds is 3. The van der Waals surface area contributed by atoms with Gasteiger partial charge >= 0.3 is 0 Å². The molecule has 0 radical (unpaired) electrons. The predicted molar refractivity (Wildman–Crippen MR) is 80.6 cm³/mol. The van der Waals surface area contributed by atoms with E-state index in [2.05, 4.69) is 5.32 Å². The highest BCUT2D eigenvalue weighted by atomic mass is 19.3. The number of halogens is 2. The van der Waals surface area contributed by atoms with Crippen LogP contribution in [-0.4, -0.2) is 67.3 Å². The van der Waals surface area contributed by atoms with Gasteiger partial charge < -0.3 is 5.32 Å². The third-order valence-corrected chi connectivity index (χ3v) is 4.62. The molecule has 5 nitrogen and oxygen atoms in total. The van der Waals surface area contributed by atoms with E-state index in [0.29, 0.717) is 0 Å². The first-order chi connectivity index (χ1) is 10.8. The van der Waals surface area contributed by atoms with Gasteiger partial charge in [0.25, 0.3) is 17.7 Å². The number of hydrogen-bond donors (Lipinski definition) is 1. The van der Waals surface area contributed by atoms with Gasteiger partial charge in [-0.2, -0.15) is 0 Å². The topological polar surface area (TPSA) is 52.6 Å². The normalized spacial score (nSPS) is 26.7. The van der Waals surface area contributed by atoms with E-state index in [0.717, 1.165) is 4.90 Å². The highest BCUT2D eigenvalue weighted by molar-refractivity contribution is 6.21. The molecule has 124 valence electrons. The number of alkyl halides is 2. The fourth-order valence-corrected chi connectivity index (χ4v) is 3.28. The van der Waals surface area contributed by atoms with E-state index < -0.39 is 29.7 Å². The van der Waals surface area contributed by atoms with Gasteiger partial charge in [0.2, 0.25) is 0 Å². The Labute approximate surface area is 133 Å². The molecule has 0 aliphatic carbocycles. The maximum Gasteiger partial charge on any atom is 0.270 e. The molecule has 1 N–H and O–H groups in total. The van der Waals surface area contributed by atoms with Crippen molar-refractivity contribution in [1.82, 2.24) is 15.1 Å². The zero-order valence-electron chi connectivity index (χ0n) is 13.1. The summed E-state index contributed by atoms with van der Waals surface area (Å²) in [7, 11) is 3.20. The molecule has 2 aliphatic rings. The summed E-state index contributed by atoms with van der Waals surface area (Å²) in [4.78, 5) is 27.1. The predicted octanol–water partition coefficient (Wildman–Crippen LogP) is 1.07. The number of amides is 2. The molecule has 3 rings (SSSR count). The van der Waals surface area contributed by atoms with Crippen LogP contribution in [0.15, 0.2) is 24.3 Å². The van der Waals surface area contributed by atoms with Crippen LogP contribution in [0.25, 0.3) is 0 Å². The smallest absolute Gasteiger partial charge is 0.270 e. The van der Waals surface area contributed by atoms with Crippen LogP contribution in [-0.2, 0) is 0 Å². The molecule has 1 aromatic rings. The van der Waals surface area contributed by atoms with E-state index in [9.17, 15) is 18.4 Å². The first-order valence-electron chi connectivity index (χ1n) is 7.54. The van der Waals surface area contributed by atoms with Crippen molar-refractivity contribution in [3.05, 3.63) is 35.4 Å². The molecular weight excluding hydrogens is 304 g/mol. The molecule has 0 aromatic heterocycles. The number of nitrogens with one attached hydrogen (secondary N) is 1. The minimum atomic E-state index is -2.98. The Bertz CT molecular complexity index is 613. The Morgan fingerprint density at radius 1 is 1.17 bits per heavy atom. The van der Waals surface area contributed by atoms with Crippen LogP contribution < -0.4 is 5.32 Å². The maximum absolute atomic E-state index is 14.7. The molecule has 2 amide bonds. The van der Waals surface area contributed by atoms with E-state index >= 15 is 0 Å². The Balaban J connectivity index is 1.83. The minimum absolute atomic E-state index is 0.0742. The zero-order chi connectivity index (χ0) is 16.8. The average Bonchev–Trinajstić information content (AvgIpc) is 2.74. The average molecular weight is 323 g/mol. The number of benzene rings is 1. The number of imide groups is 1. The summed E-state index contributed by atoms with van der Waals surface area (Å²) in [5.41, 5.74) is 0.572. The van der Waals surface area contributed by atoms with Crippen molar-refractivity contribution in [3.63, 3.8) is 0 Å². The number of fused-ring (bicyclic) bond motifs is 1. The summed E-state index contributed by atoms with van der Waals surface area (Å²) >= 11 is 0. The molecule has 1 aromatic carbocycles. The number of nitrogens with zero attached hydrogens (tertiary/aromatic N) is 2. The summed E-state index contributed by atoms with van der Waals surface area (Å²) in [6, 6.07) is 5.46. The number of carbonyl (C=O) groups excluding carboxylic acids is 2. The highest BCUT2D eigenvalue weighted by Gasteiger charge is 2.52. The van der Waals surface area contributed by atoms with Gasteiger partial charge in [0.1, 0.15) is 0 Å². The molecule has 2 aliphatic heterocycles. The molecule has 2 unspecified atom stereocenters. The molecule has 7 heteroatoms. The fraction of sp³-hybridized carbons (Fsp3) is 0.500. The van der Waals surface area contributed by atoms with Crippen molar-refractivity contribution in [2.24, 2.45) is 5.92 Å². The second kappa shape index (κ2) is 5.65. The van der Waals surface area contributed by atoms with E-state index in [1.54, 1.807) is 38.4 Å². The van der Waals surface area contributed by atoms with Gasteiger partial charge in [0.15, 0.2) is 0 Å². The fourth-order valence-electron chi connectivity index (χ4n) is 3.28. The number of carbonyl (C=O) groups is 2. The maximum atomic E-state index is 14.7. The van der Waals surface area contributed by atoms with Crippen molar-refractivity contribution in [2.75, 3.05) is 33.7 Å². The Morgan fingerprint density at radius 3 is 2.26 bits per heavy atom. The molecule has 2 atom stereocenters. The molecular formula is C16H19F2N3O2. The highest BCUT2D eigenvalue weighted by Crippen LogP contribution is 2.35. The summed E-state index contributed by atoms with van der Waals surface area (Å²) in [5.74, 6) is -5.07. The van der Waals surface area contributed by atoms with Crippen LogP contribution in [0.3, 0.4) is 0 Å². The second-order valence-electron chi connectivity index (χ2n) is 6.28. The first kappa shape index (κ1) is 16.0. The monoisotopic (exact) mass is 323 g/mol. The van der Waals surface area contributed by atoms with E-state index in [-0.39, 0.29) is 30.8 Å². The van der Waals surface area contributed by atoms with Crippen LogP contribution in [0.2, 0.25) is 0 Å². The van der Waals surface area contributed by atoms with Crippen LogP contribution in [0.4, 0.5) is 8.78 Å². The largest absolute Gasteiger partial charge is 0.314 e. The van der Waals surface area contributed by atoms with E-state index in [1.807, 2.05) is 0 Å².